The van der Waals surface area contributed by atoms with Crippen LogP contribution < -0.4 is 10.6 Å². The first-order chi connectivity index (χ1) is 8.69. The van der Waals surface area contributed by atoms with Crippen LogP contribution >= 0.6 is 0 Å². The van der Waals surface area contributed by atoms with Crippen molar-refractivity contribution in [3.8, 4) is 0 Å². The molecule has 18 heavy (non-hydrogen) atoms. The summed E-state index contributed by atoms with van der Waals surface area (Å²) in [6.07, 6.45) is 1.68. The Labute approximate surface area is 108 Å². The molecule has 1 heterocycles. The van der Waals surface area contributed by atoms with E-state index in [9.17, 15) is 4.79 Å². The maximum atomic E-state index is 12.0. The summed E-state index contributed by atoms with van der Waals surface area (Å²) in [5, 5.41) is 5.91. The normalized spacial score (nSPS) is 11.9. The van der Waals surface area contributed by atoms with E-state index in [1.54, 1.807) is 18.3 Å². The van der Waals surface area contributed by atoms with Gasteiger partial charge < -0.3 is 15.4 Å². The quantitative estimate of drug-likeness (QED) is 0.773. The molecule has 1 aromatic heterocycles. The standard InChI is InChI=1S/C13H21N3O2/c1-4-14-12-11(7-6-8-15-12)13(17)16-9-10(3)18-5-2/h6-8,10H,4-5,9H2,1-3H3,(H,14,15)(H,16,17). The van der Waals surface area contributed by atoms with E-state index in [0.717, 1.165) is 6.54 Å². The highest BCUT2D eigenvalue weighted by Crippen LogP contribution is 2.10. The van der Waals surface area contributed by atoms with Crippen molar-refractivity contribution in [2.24, 2.45) is 0 Å². The van der Waals surface area contributed by atoms with Crippen LogP contribution in [-0.4, -0.2) is 36.7 Å². The predicted molar refractivity (Wildman–Crippen MR) is 71.8 cm³/mol. The van der Waals surface area contributed by atoms with Crippen LogP contribution in [0.25, 0.3) is 0 Å². The smallest absolute Gasteiger partial charge is 0.255 e. The summed E-state index contributed by atoms with van der Waals surface area (Å²) in [5.41, 5.74) is 0.558. The van der Waals surface area contributed by atoms with Crippen molar-refractivity contribution < 1.29 is 9.53 Å². The van der Waals surface area contributed by atoms with Gasteiger partial charge in [0.05, 0.1) is 11.7 Å². The monoisotopic (exact) mass is 251 g/mol. The maximum absolute atomic E-state index is 12.0. The molecule has 1 aromatic rings. The first kappa shape index (κ1) is 14.4. The van der Waals surface area contributed by atoms with Crippen molar-refractivity contribution in [3.05, 3.63) is 23.9 Å². The Balaban J connectivity index is 2.60. The molecule has 1 rings (SSSR count). The molecule has 0 aliphatic heterocycles. The number of amides is 1. The van der Waals surface area contributed by atoms with Crippen molar-refractivity contribution in [1.29, 1.82) is 0 Å². The SMILES string of the molecule is CCNc1ncccc1C(=O)NCC(C)OCC. The molecule has 0 aromatic carbocycles. The summed E-state index contributed by atoms with van der Waals surface area (Å²) in [7, 11) is 0. The number of carbonyl (C=O) groups is 1. The molecular formula is C13H21N3O2. The molecule has 2 N–H and O–H groups in total. The molecule has 1 unspecified atom stereocenters. The van der Waals surface area contributed by atoms with Gasteiger partial charge in [-0.3, -0.25) is 4.79 Å². The first-order valence-corrected chi connectivity index (χ1v) is 6.27. The molecule has 5 nitrogen and oxygen atoms in total. The summed E-state index contributed by atoms with van der Waals surface area (Å²) in [4.78, 5) is 16.2. The zero-order valence-corrected chi connectivity index (χ0v) is 11.2. The van der Waals surface area contributed by atoms with Gasteiger partial charge in [0.2, 0.25) is 0 Å². The second-order valence-electron chi connectivity index (χ2n) is 3.91. The Morgan fingerprint density at radius 3 is 2.94 bits per heavy atom. The fourth-order valence-electron chi connectivity index (χ4n) is 1.57. The Kier molecular flexibility index (Phi) is 6.14. The number of carbonyl (C=O) groups excluding carboxylic acids is 1. The van der Waals surface area contributed by atoms with Gasteiger partial charge in [0.15, 0.2) is 0 Å². The third kappa shape index (κ3) is 4.33. The zero-order chi connectivity index (χ0) is 13.4. The average Bonchev–Trinajstić information content (AvgIpc) is 2.37. The lowest BCUT2D eigenvalue weighted by Gasteiger charge is -2.14. The number of nitrogens with zero attached hydrogens (tertiary/aromatic N) is 1. The van der Waals surface area contributed by atoms with Crippen molar-refractivity contribution >= 4 is 11.7 Å². The molecular weight excluding hydrogens is 230 g/mol. The Hall–Kier alpha value is -1.62. The van der Waals surface area contributed by atoms with Crippen LogP contribution in [0.3, 0.4) is 0 Å². The summed E-state index contributed by atoms with van der Waals surface area (Å²) >= 11 is 0. The topological polar surface area (TPSA) is 63.2 Å². The van der Waals surface area contributed by atoms with E-state index < -0.39 is 0 Å². The molecule has 1 atom stereocenters. The lowest BCUT2D eigenvalue weighted by Crippen LogP contribution is -2.32. The summed E-state index contributed by atoms with van der Waals surface area (Å²) in [6, 6.07) is 3.51. The molecule has 1 amide bonds. The van der Waals surface area contributed by atoms with Gasteiger partial charge >= 0.3 is 0 Å². The fourth-order valence-corrected chi connectivity index (χ4v) is 1.57. The van der Waals surface area contributed by atoms with E-state index >= 15 is 0 Å². The molecule has 0 fully saturated rings. The van der Waals surface area contributed by atoms with Gasteiger partial charge in [-0.15, -0.1) is 0 Å². The van der Waals surface area contributed by atoms with Crippen LogP contribution in [0, 0.1) is 0 Å². The Morgan fingerprint density at radius 2 is 2.28 bits per heavy atom. The van der Waals surface area contributed by atoms with Crippen LogP contribution in [0.5, 0.6) is 0 Å². The maximum Gasteiger partial charge on any atom is 0.255 e. The van der Waals surface area contributed by atoms with Crippen molar-refractivity contribution in [2.45, 2.75) is 26.9 Å². The molecule has 0 saturated heterocycles. The lowest BCUT2D eigenvalue weighted by molar-refractivity contribution is 0.0695. The van der Waals surface area contributed by atoms with Crippen molar-refractivity contribution in [3.63, 3.8) is 0 Å². The highest BCUT2D eigenvalue weighted by atomic mass is 16.5. The van der Waals surface area contributed by atoms with Crippen LogP contribution in [0.15, 0.2) is 18.3 Å². The molecule has 0 radical (unpaired) electrons. The summed E-state index contributed by atoms with van der Waals surface area (Å²) < 4.78 is 5.36. The first-order valence-electron chi connectivity index (χ1n) is 6.27. The van der Waals surface area contributed by atoms with Gasteiger partial charge in [0, 0.05) is 25.9 Å². The van der Waals surface area contributed by atoms with Gasteiger partial charge in [-0.25, -0.2) is 4.98 Å². The van der Waals surface area contributed by atoms with Gasteiger partial charge in [-0.1, -0.05) is 0 Å². The number of nitrogens with one attached hydrogen (secondary N) is 2. The molecule has 0 spiro atoms. The van der Waals surface area contributed by atoms with Gasteiger partial charge in [-0.05, 0) is 32.9 Å². The molecule has 5 heteroatoms. The minimum absolute atomic E-state index is 0.0122. The highest BCUT2D eigenvalue weighted by Gasteiger charge is 2.12. The van der Waals surface area contributed by atoms with E-state index in [4.69, 9.17) is 4.74 Å². The third-order valence-corrected chi connectivity index (χ3v) is 2.40. The van der Waals surface area contributed by atoms with Gasteiger partial charge in [0.25, 0.3) is 5.91 Å². The molecule has 0 bridgehead atoms. The second-order valence-corrected chi connectivity index (χ2v) is 3.91. The minimum atomic E-state index is -0.134. The van der Waals surface area contributed by atoms with E-state index in [1.165, 1.54) is 0 Å². The average molecular weight is 251 g/mol. The van der Waals surface area contributed by atoms with Crippen LogP contribution in [0.4, 0.5) is 5.82 Å². The zero-order valence-electron chi connectivity index (χ0n) is 11.2. The van der Waals surface area contributed by atoms with Crippen molar-refractivity contribution in [1.82, 2.24) is 10.3 Å². The van der Waals surface area contributed by atoms with Gasteiger partial charge in [0.1, 0.15) is 5.82 Å². The van der Waals surface area contributed by atoms with Crippen LogP contribution in [-0.2, 0) is 4.74 Å². The van der Waals surface area contributed by atoms with Crippen LogP contribution in [0.1, 0.15) is 31.1 Å². The number of pyridine rings is 1. The van der Waals surface area contributed by atoms with Gasteiger partial charge in [-0.2, -0.15) is 0 Å². The molecule has 100 valence electrons. The van der Waals surface area contributed by atoms with E-state index in [1.807, 2.05) is 20.8 Å². The lowest BCUT2D eigenvalue weighted by atomic mass is 10.2. The third-order valence-electron chi connectivity index (χ3n) is 2.40. The second kappa shape index (κ2) is 7.66. The molecule has 0 aliphatic carbocycles. The largest absolute Gasteiger partial charge is 0.377 e. The van der Waals surface area contributed by atoms with Crippen LogP contribution in [0.2, 0.25) is 0 Å². The number of aromatic nitrogens is 1. The minimum Gasteiger partial charge on any atom is -0.377 e. The summed E-state index contributed by atoms with van der Waals surface area (Å²) in [5.74, 6) is 0.479. The summed E-state index contributed by atoms with van der Waals surface area (Å²) in [6.45, 7) is 7.70. The molecule has 0 aliphatic rings. The van der Waals surface area contributed by atoms with Crippen molar-refractivity contribution in [2.75, 3.05) is 25.0 Å². The predicted octanol–water partition coefficient (Wildman–Crippen LogP) is 1.67. The van der Waals surface area contributed by atoms with E-state index in [-0.39, 0.29) is 12.0 Å². The Bertz CT molecular complexity index is 382. The number of hydrogen-bond acceptors (Lipinski definition) is 4. The molecule has 0 saturated carbocycles. The number of hydrogen-bond donors (Lipinski definition) is 2. The van der Waals surface area contributed by atoms with E-state index in [0.29, 0.717) is 24.5 Å². The fraction of sp³-hybridized carbons (Fsp3) is 0.538. The number of ether oxygens (including phenoxy) is 1. The number of rotatable bonds is 7. The number of anilines is 1. The van der Waals surface area contributed by atoms with E-state index in [2.05, 4.69) is 15.6 Å². The Morgan fingerprint density at radius 1 is 1.50 bits per heavy atom. The highest BCUT2D eigenvalue weighted by molar-refractivity contribution is 5.98.